The minimum absolute atomic E-state index is 0.236. The number of nitrogens with zero attached hydrogens (tertiary/aromatic N) is 4. The topological polar surface area (TPSA) is 72.7 Å². The molecule has 1 N–H and O–H groups in total. The third-order valence-electron chi connectivity index (χ3n) is 2.99. The Morgan fingerprint density at radius 1 is 1.23 bits per heavy atom. The Morgan fingerprint density at radius 3 is 2.68 bits per heavy atom. The quantitative estimate of drug-likeness (QED) is 0.681. The Morgan fingerprint density at radius 2 is 2.00 bits per heavy atom. The first-order chi connectivity index (χ1) is 10.6. The second-order valence-electron chi connectivity index (χ2n) is 4.63. The van der Waals surface area contributed by atoms with Gasteiger partial charge in [-0.05, 0) is 52.9 Å². The van der Waals surface area contributed by atoms with Gasteiger partial charge < -0.3 is 0 Å². The predicted octanol–water partition coefficient (Wildman–Crippen LogP) is 2.73. The van der Waals surface area contributed by atoms with Crippen LogP contribution >= 0.6 is 22.6 Å². The number of aromatic nitrogens is 4. The van der Waals surface area contributed by atoms with Gasteiger partial charge in [-0.2, -0.15) is 5.10 Å². The molecule has 0 fully saturated rings. The third-order valence-corrected chi connectivity index (χ3v) is 3.71. The molecule has 0 bridgehead atoms. The summed E-state index contributed by atoms with van der Waals surface area (Å²) in [7, 11) is 1.84. The Hall–Kier alpha value is -2.29. The number of amides is 1. The van der Waals surface area contributed by atoms with E-state index in [4.69, 9.17) is 0 Å². The monoisotopic (exact) mass is 405 g/mol. The third kappa shape index (κ3) is 3.30. The Kier molecular flexibility index (Phi) is 4.14. The van der Waals surface area contributed by atoms with E-state index in [-0.39, 0.29) is 11.9 Å². The Bertz CT molecular complexity index is 813. The van der Waals surface area contributed by atoms with Gasteiger partial charge in [0.05, 0.1) is 11.9 Å². The zero-order chi connectivity index (χ0) is 15.5. The number of hydrogen-bond donors (Lipinski definition) is 1. The second-order valence-corrected chi connectivity index (χ2v) is 5.87. The summed E-state index contributed by atoms with van der Waals surface area (Å²) in [6.07, 6.45) is 5.18. The fourth-order valence-electron chi connectivity index (χ4n) is 1.91. The number of benzene rings is 1. The van der Waals surface area contributed by atoms with Gasteiger partial charge in [-0.3, -0.25) is 14.8 Å². The molecular formula is C15H12IN5O. The number of rotatable bonds is 3. The Balaban J connectivity index is 1.81. The molecule has 3 aromatic rings. The number of halogens is 1. The highest BCUT2D eigenvalue weighted by Crippen LogP contribution is 2.16. The summed E-state index contributed by atoms with van der Waals surface area (Å²) in [6, 6.07) is 9.06. The maximum Gasteiger partial charge on any atom is 0.258 e. The zero-order valence-corrected chi connectivity index (χ0v) is 13.9. The molecule has 2 aromatic heterocycles. The lowest BCUT2D eigenvalue weighted by Crippen LogP contribution is -2.14. The average Bonchev–Trinajstić information content (AvgIpc) is 2.95. The van der Waals surface area contributed by atoms with Crippen molar-refractivity contribution in [1.29, 1.82) is 0 Å². The van der Waals surface area contributed by atoms with Crippen molar-refractivity contribution in [1.82, 2.24) is 19.7 Å². The lowest BCUT2D eigenvalue weighted by atomic mass is 10.2. The number of anilines is 1. The van der Waals surface area contributed by atoms with Crippen LogP contribution in [0.5, 0.6) is 0 Å². The summed E-state index contributed by atoms with van der Waals surface area (Å²) in [4.78, 5) is 20.6. The van der Waals surface area contributed by atoms with E-state index >= 15 is 0 Å². The second kappa shape index (κ2) is 6.22. The van der Waals surface area contributed by atoms with Gasteiger partial charge in [-0.1, -0.05) is 0 Å². The number of hydrogen-bond acceptors (Lipinski definition) is 4. The van der Waals surface area contributed by atoms with Gasteiger partial charge >= 0.3 is 0 Å². The molecule has 0 aliphatic carbocycles. The molecule has 0 aliphatic rings. The maximum atomic E-state index is 12.2. The fourth-order valence-corrected chi connectivity index (χ4v) is 2.27. The normalized spacial score (nSPS) is 10.5. The SMILES string of the molecule is Cn1cc(-c2ccnc(NC(=O)c3ccc(I)cc3)n2)cn1. The predicted molar refractivity (Wildman–Crippen MR) is 91.3 cm³/mol. The van der Waals surface area contributed by atoms with E-state index in [1.807, 2.05) is 25.4 Å². The summed E-state index contributed by atoms with van der Waals surface area (Å²) in [6.45, 7) is 0. The molecule has 110 valence electrons. The molecule has 0 spiro atoms. The van der Waals surface area contributed by atoms with Crippen molar-refractivity contribution in [3.63, 3.8) is 0 Å². The first-order valence-electron chi connectivity index (χ1n) is 6.51. The van der Waals surface area contributed by atoms with Crippen LogP contribution in [0.4, 0.5) is 5.95 Å². The minimum atomic E-state index is -0.236. The lowest BCUT2D eigenvalue weighted by molar-refractivity contribution is 0.102. The van der Waals surface area contributed by atoms with Crippen molar-refractivity contribution in [3.8, 4) is 11.3 Å². The molecule has 7 heteroatoms. The van der Waals surface area contributed by atoms with Gasteiger partial charge in [0.2, 0.25) is 5.95 Å². The van der Waals surface area contributed by atoms with Gasteiger partial charge in [0.25, 0.3) is 5.91 Å². The summed E-state index contributed by atoms with van der Waals surface area (Å²) >= 11 is 2.19. The van der Waals surface area contributed by atoms with Crippen molar-refractivity contribution < 1.29 is 4.79 Å². The van der Waals surface area contributed by atoms with E-state index in [1.165, 1.54) is 0 Å². The van der Waals surface area contributed by atoms with E-state index < -0.39 is 0 Å². The van der Waals surface area contributed by atoms with Crippen molar-refractivity contribution in [2.45, 2.75) is 0 Å². The summed E-state index contributed by atoms with van der Waals surface area (Å²) in [5, 5.41) is 6.81. The van der Waals surface area contributed by atoms with Gasteiger partial charge in [-0.25, -0.2) is 9.97 Å². The van der Waals surface area contributed by atoms with E-state index in [9.17, 15) is 4.79 Å². The van der Waals surface area contributed by atoms with E-state index in [2.05, 4.69) is 43.0 Å². The van der Waals surface area contributed by atoms with Crippen molar-refractivity contribution in [2.75, 3.05) is 5.32 Å². The van der Waals surface area contributed by atoms with E-state index in [0.29, 0.717) is 11.3 Å². The van der Waals surface area contributed by atoms with Crippen molar-refractivity contribution >= 4 is 34.4 Å². The number of carbonyl (C=O) groups is 1. The largest absolute Gasteiger partial charge is 0.290 e. The molecule has 0 aliphatic heterocycles. The fraction of sp³-hybridized carbons (Fsp3) is 0.0667. The number of carbonyl (C=O) groups excluding carboxylic acids is 1. The zero-order valence-electron chi connectivity index (χ0n) is 11.7. The first kappa shape index (κ1) is 14.6. The van der Waals surface area contributed by atoms with Crippen LogP contribution in [-0.4, -0.2) is 25.7 Å². The summed E-state index contributed by atoms with van der Waals surface area (Å²) in [5.74, 6) is 0.0321. The van der Waals surface area contributed by atoms with Crippen LogP contribution in [0, 0.1) is 3.57 Å². The van der Waals surface area contributed by atoms with Gasteiger partial charge in [-0.15, -0.1) is 0 Å². The summed E-state index contributed by atoms with van der Waals surface area (Å²) in [5.41, 5.74) is 2.14. The van der Waals surface area contributed by atoms with Crippen molar-refractivity contribution in [3.05, 3.63) is 58.1 Å². The van der Waals surface area contributed by atoms with Gasteiger partial charge in [0.1, 0.15) is 0 Å². The molecule has 22 heavy (non-hydrogen) atoms. The molecular weight excluding hydrogens is 393 g/mol. The molecule has 6 nitrogen and oxygen atoms in total. The number of nitrogens with one attached hydrogen (secondary N) is 1. The average molecular weight is 405 g/mol. The molecule has 0 saturated heterocycles. The molecule has 0 atom stereocenters. The molecule has 1 aromatic carbocycles. The molecule has 0 unspecified atom stereocenters. The molecule has 1 amide bonds. The molecule has 0 radical (unpaired) electrons. The molecule has 0 saturated carbocycles. The lowest BCUT2D eigenvalue weighted by Gasteiger charge is -2.05. The van der Waals surface area contributed by atoms with Crippen LogP contribution < -0.4 is 5.32 Å². The van der Waals surface area contributed by atoms with Crippen LogP contribution in [-0.2, 0) is 7.05 Å². The first-order valence-corrected chi connectivity index (χ1v) is 7.59. The molecule has 2 heterocycles. The van der Waals surface area contributed by atoms with Crippen LogP contribution in [0.15, 0.2) is 48.9 Å². The van der Waals surface area contributed by atoms with Crippen LogP contribution in [0.2, 0.25) is 0 Å². The van der Waals surface area contributed by atoms with E-state index in [0.717, 1.165) is 9.13 Å². The maximum absolute atomic E-state index is 12.2. The van der Waals surface area contributed by atoms with Gasteiger partial charge in [0.15, 0.2) is 0 Å². The highest BCUT2D eigenvalue weighted by atomic mass is 127. The van der Waals surface area contributed by atoms with Crippen LogP contribution in [0.1, 0.15) is 10.4 Å². The minimum Gasteiger partial charge on any atom is -0.290 e. The van der Waals surface area contributed by atoms with E-state index in [1.54, 1.807) is 35.3 Å². The highest BCUT2D eigenvalue weighted by Gasteiger charge is 2.09. The molecule has 3 rings (SSSR count). The smallest absolute Gasteiger partial charge is 0.258 e. The van der Waals surface area contributed by atoms with Crippen molar-refractivity contribution in [2.24, 2.45) is 7.05 Å². The van der Waals surface area contributed by atoms with Crippen LogP contribution in [0.3, 0.4) is 0 Å². The Labute approximate surface area is 140 Å². The van der Waals surface area contributed by atoms with Crippen LogP contribution in [0.25, 0.3) is 11.3 Å². The number of aryl methyl sites for hydroxylation is 1. The summed E-state index contributed by atoms with van der Waals surface area (Å²) < 4.78 is 2.77. The standard InChI is InChI=1S/C15H12IN5O/c1-21-9-11(8-18-21)13-6-7-17-15(19-13)20-14(22)10-2-4-12(16)5-3-10/h2-9H,1H3,(H,17,19,20,22). The highest BCUT2D eigenvalue weighted by molar-refractivity contribution is 14.1. The van der Waals surface area contributed by atoms with Gasteiger partial charge in [0, 0.05) is 34.1 Å².